The standard InChI is InChI=1S/C27H26ClN5O3/c1-5-25-29-14-12-21(31-25)19-7-6-13-30-26(19)36-23-11-9-20(16(2)17(23)3)32-27(34)33-22-15-18(28)8-10-24(22)35-4/h6-15H,5H2,1-4H3,(H2,32,33,34). The SMILES string of the molecule is CCc1nccc(-c2cccnc2Oc2ccc(NC(=O)Nc3cc(Cl)ccc3OC)c(C)c2C)n1. The molecule has 4 aromatic rings. The molecule has 0 atom stereocenters. The summed E-state index contributed by atoms with van der Waals surface area (Å²) >= 11 is 6.06. The van der Waals surface area contributed by atoms with Gasteiger partial charge in [-0.25, -0.2) is 19.7 Å². The van der Waals surface area contributed by atoms with E-state index in [4.69, 9.17) is 21.1 Å². The molecule has 0 aliphatic heterocycles. The van der Waals surface area contributed by atoms with Crippen LogP contribution in [0.1, 0.15) is 23.9 Å². The lowest BCUT2D eigenvalue weighted by atomic mass is 10.1. The summed E-state index contributed by atoms with van der Waals surface area (Å²) in [6.07, 6.45) is 4.14. The summed E-state index contributed by atoms with van der Waals surface area (Å²) in [5.74, 6) is 2.32. The number of ether oxygens (including phenoxy) is 2. The van der Waals surface area contributed by atoms with Crippen molar-refractivity contribution in [2.45, 2.75) is 27.2 Å². The zero-order valence-electron chi connectivity index (χ0n) is 20.4. The van der Waals surface area contributed by atoms with Crippen LogP contribution in [0.25, 0.3) is 11.3 Å². The van der Waals surface area contributed by atoms with Crippen LogP contribution in [0.2, 0.25) is 5.02 Å². The number of hydrogen-bond donors (Lipinski definition) is 2. The summed E-state index contributed by atoms with van der Waals surface area (Å²) in [5, 5.41) is 6.14. The molecular formula is C27H26ClN5O3. The van der Waals surface area contributed by atoms with E-state index in [1.807, 2.05) is 39.0 Å². The number of amides is 2. The third-order valence-electron chi connectivity index (χ3n) is 5.67. The maximum absolute atomic E-state index is 12.7. The van der Waals surface area contributed by atoms with Gasteiger partial charge >= 0.3 is 6.03 Å². The Kier molecular flexibility index (Phi) is 7.65. The molecule has 0 bridgehead atoms. The van der Waals surface area contributed by atoms with Crippen LogP contribution in [0.4, 0.5) is 16.2 Å². The number of anilines is 2. The van der Waals surface area contributed by atoms with Gasteiger partial charge in [-0.3, -0.25) is 0 Å². The molecule has 0 radical (unpaired) electrons. The highest BCUT2D eigenvalue weighted by Gasteiger charge is 2.15. The number of rotatable bonds is 7. The van der Waals surface area contributed by atoms with Gasteiger partial charge in [-0.15, -0.1) is 0 Å². The summed E-state index contributed by atoms with van der Waals surface area (Å²) < 4.78 is 11.5. The van der Waals surface area contributed by atoms with Gasteiger partial charge < -0.3 is 20.1 Å². The second-order valence-electron chi connectivity index (χ2n) is 7.95. The van der Waals surface area contributed by atoms with E-state index in [-0.39, 0.29) is 0 Å². The number of carbonyl (C=O) groups excluding carboxylic acids is 1. The fourth-order valence-corrected chi connectivity index (χ4v) is 3.76. The zero-order chi connectivity index (χ0) is 25.7. The Bertz CT molecular complexity index is 1410. The number of nitrogens with one attached hydrogen (secondary N) is 2. The molecule has 4 rings (SSSR count). The van der Waals surface area contributed by atoms with Gasteiger partial charge in [0.25, 0.3) is 0 Å². The van der Waals surface area contributed by atoms with Crippen LogP contribution >= 0.6 is 11.6 Å². The molecule has 0 saturated carbocycles. The van der Waals surface area contributed by atoms with Crippen molar-refractivity contribution in [3.8, 4) is 28.6 Å². The number of carbonyl (C=O) groups is 1. The smallest absolute Gasteiger partial charge is 0.323 e. The largest absolute Gasteiger partial charge is 0.495 e. The highest BCUT2D eigenvalue weighted by molar-refractivity contribution is 6.31. The third-order valence-corrected chi connectivity index (χ3v) is 5.91. The van der Waals surface area contributed by atoms with Crippen LogP contribution in [-0.4, -0.2) is 28.1 Å². The Morgan fingerprint density at radius 2 is 1.72 bits per heavy atom. The van der Waals surface area contributed by atoms with Gasteiger partial charge in [-0.2, -0.15) is 0 Å². The lowest BCUT2D eigenvalue weighted by Gasteiger charge is -2.17. The maximum atomic E-state index is 12.7. The first kappa shape index (κ1) is 24.9. The molecule has 2 heterocycles. The Labute approximate surface area is 214 Å². The monoisotopic (exact) mass is 503 g/mol. The van der Waals surface area contributed by atoms with E-state index in [0.29, 0.717) is 33.8 Å². The highest BCUT2D eigenvalue weighted by atomic mass is 35.5. The molecule has 36 heavy (non-hydrogen) atoms. The second-order valence-corrected chi connectivity index (χ2v) is 8.39. The molecule has 0 fully saturated rings. The van der Waals surface area contributed by atoms with Crippen LogP contribution in [-0.2, 0) is 6.42 Å². The molecule has 0 unspecified atom stereocenters. The molecule has 2 aromatic heterocycles. The van der Waals surface area contributed by atoms with E-state index < -0.39 is 6.03 Å². The van der Waals surface area contributed by atoms with Crippen LogP contribution < -0.4 is 20.1 Å². The Hall–Kier alpha value is -4.17. The molecule has 2 aromatic carbocycles. The number of halogens is 1. The van der Waals surface area contributed by atoms with E-state index in [2.05, 4.69) is 25.6 Å². The van der Waals surface area contributed by atoms with Crippen molar-refractivity contribution in [3.63, 3.8) is 0 Å². The molecule has 0 saturated heterocycles. The van der Waals surface area contributed by atoms with E-state index >= 15 is 0 Å². The topological polar surface area (TPSA) is 98.3 Å². The summed E-state index contributed by atoms with van der Waals surface area (Å²) in [7, 11) is 1.53. The highest BCUT2D eigenvalue weighted by Crippen LogP contribution is 2.35. The number of urea groups is 1. The minimum absolute atomic E-state index is 0.422. The Balaban J connectivity index is 1.55. The Morgan fingerprint density at radius 1 is 0.944 bits per heavy atom. The van der Waals surface area contributed by atoms with Crippen LogP contribution in [0.15, 0.2) is 60.9 Å². The summed E-state index contributed by atoms with van der Waals surface area (Å²) in [5.41, 5.74) is 4.34. The van der Waals surface area contributed by atoms with Crippen LogP contribution in [0, 0.1) is 13.8 Å². The molecular weight excluding hydrogens is 478 g/mol. The normalized spacial score (nSPS) is 10.6. The zero-order valence-corrected chi connectivity index (χ0v) is 21.2. The minimum Gasteiger partial charge on any atom is -0.495 e. The number of methoxy groups -OCH3 is 1. The lowest BCUT2D eigenvalue weighted by Crippen LogP contribution is -2.20. The third kappa shape index (κ3) is 5.55. The maximum Gasteiger partial charge on any atom is 0.323 e. The van der Waals surface area contributed by atoms with Crippen molar-refractivity contribution in [2.75, 3.05) is 17.7 Å². The lowest BCUT2D eigenvalue weighted by molar-refractivity contribution is 0.262. The van der Waals surface area contributed by atoms with Gasteiger partial charge in [-0.05, 0) is 73.5 Å². The molecule has 2 amide bonds. The van der Waals surface area contributed by atoms with Crippen molar-refractivity contribution >= 4 is 29.0 Å². The molecule has 8 nitrogen and oxygen atoms in total. The molecule has 0 aliphatic rings. The quantitative estimate of drug-likeness (QED) is 0.287. The molecule has 0 spiro atoms. The number of benzene rings is 2. The predicted octanol–water partition coefficient (Wildman–Crippen LogP) is 6.82. The van der Waals surface area contributed by atoms with Gasteiger partial charge in [-0.1, -0.05) is 18.5 Å². The number of pyridine rings is 1. The molecule has 9 heteroatoms. The van der Waals surface area contributed by atoms with E-state index in [0.717, 1.165) is 34.6 Å². The predicted molar refractivity (Wildman–Crippen MR) is 141 cm³/mol. The number of aromatic nitrogens is 3. The number of hydrogen-bond acceptors (Lipinski definition) is 6. The van der Waals surface area contributed by atoms with Crippen molar-refractivity contribution in [1.82, 2.24) is 15.0 Å². The van der Waals surface area contributed by atoms with E-state index in [9.17, 15) is 4.79 Å². The molecule has 0 aliphatic carbocycles. The molecule has 2 N–H and O–H groups in total. The minimum atomic E-state index is -0.422. The van der Waals surface area contributed by atoms with Gasteiger partial charge in [0.2, 0.25) is 5.88 Å². The van der Waals surface area contributed by atoms with Gasteiger partial charge in [0.15, 0.2) is 0 Å². The summed E-state index contributed by atoms with van der Waals surface area (Å²) in [6.45, 7) is 5.85. The fraction of sp³-hybridized carbons (Fsp3) is 0.185. The van der Waals surface area contributed by atoms with Gasteiger partial charge in [0, 0.05) is 29.5 Å². The van der Waals surface area contributed by atoms with Crippen molar-refractivity contribution in [3.05, 3.63) is 82.9 Å². The van der Waals surface area contributed by atoms with Crippen molar-refractivity contribution < 1.29 is 14.3 Å². The average molecular weight is 504 g/mol. The summed E-state index contributed by atoms with van der Waals surface area (Å²) in [6, 6.07) is 13.8. The second kappa shape index (κ2) is 11.0. The first-order chi connectivity index (χ1) is 17.4. The van der Waals surface area contributed by atoms with E-state index in [1.165, 1.54) is 7.11 Å². The van der Waals surface area contributed by atoms with Gasteiger partial charge in [0.05, 0.1) is 24.1 Å². The average Bonchev–Trinajstić information content (AvgIpc) is 2.89. The summed E-state index contributed by atoms with van der Waals surface area (Å²) in [4.78, 5) is 26.0. The first-order valence-corrected chi connectivity index (χ1v) is 11.7. The van der Waals surface area contributed by atoms with Gasteiger partial charge in [0.1, 0.15) is 17.3 Å². The first-order valence-electron chi connectivity index (χ1n) is 11.4. The fourth-order valence-electron chi connectivity index (χ4n) is 3.59. The van der Waals surface area contributed by atoms with Crippen LogP contribution in [0.5, 0.6) is 17.4 Å². The number of aryl methyl sites for hydroxylation is 1. The Morgan fingerprint density at radius 3 is 2.50 bits per heavy atom. The van der Waals surface area contributed by atoms with E-state index in [1.54, 1.807) is 42.7 Å². The number of nitrogens with zero attached hydrogens (tertiary/aromatic N) is 3. The van der Waals surface area contributed by atoms with Crippen LogP contribution in [0.3, 0.4) is 0 Å². The van der Waals surface area contributed by atoms with Crippen molar-refractivity contribution in [2.24, 2.45) is 0 Å². The van der Waals surface area contributed by atoms with Crippen molar-refractivity contribution in [1.29, 1.82) is 0 Å². The molecule has 184 valence electrons.